The van der Waals surface area contributed by atoms with E-state index in [2.05, 4.69) is 5.32 Å². The van der Waals surface area contributed by atoms with Gasteiger partial charge in [-0.3, -0.25) is 14.9 Å². The summed E-state index contributed by atoms with van der Waals surface area (Å²) in [6.45, 7) is 2.67. The molecular formula is C21H25N3O5S. The van der Waals surface area contributed by atoms with Gasteiger partial charge in [-0.1, -0.05) is 25.0 Å². The molecule has 1 N–H and O–H groups in total. The molecule has 1 saturated heterocycles. The first-order valence-electron chi connectivity index (χ1n) is 9.91. The second-order valence-electron chi connectivity index (χ2n) is 7.38. The van der Waals surface area contributed by atoms with Crippen molar-refractivity contribution in [2.45, 2.75) is 37.5 Å². The smallest absolute Gasteiger partial charge is 0.269 e. The molecule has 0 radical (unpaired) electrons. The average molecular weight is 432 g/mol. The molecule has 0 aromatic heterocycles. The number of rotatable bonds is 7. The van der Waals surface area contributed by atoms with Crippen LogP contribution < -0.4 is 5.32 Å². The second kappa shape index (κ2) is 9.36. The maximum Gasteiger partial charge on any atom is 0.269 e. The predicted molar refractivity (Wildman–Crippen MR) is 114 cm³/mol. The van der Waals surface area contributed by atoms with E-state index in [1.165, 1.54) is 28.6 Å². The summed E-state index contributed by atoms with van der Waals surface area (Å²) in [5, 5.41) is 13.8. The minimum absolute atomic E-state index is 0.0178. The zero-order valence-electron chi connectivity index (χ0n) is 16.8. The lowest BCUT2D eigenvalue weighted by atomic mass is 10.1. The number of nitro groups is 1. The molecular weight excluding hydrogens is 406 g/mol. The molecule has 30 heavy (non-hydrogen) atoms. The van der Waals surface area contributed by atoms with Crippen molar-refractivity contribution in [1.82, 2.24) is 4.31 Å². The van der Waals surface area contributed by atoms with Gasteiger partial charge in [0.1, 0.15) is 0 Å². The summed E-state index contributed by atoms with van der Waals surface area (Å²) in [4.78, 5) is 23.1. The maximum absolute atomic E-state index is 13.0. The number of carbonyl (C=O) groups is 1. The third-order valence-electron chi connectivity index (χ3n) is 5.22. The highest BCUT2D eigenvalue weighted by Crippen LogP contribution is 2.23. The van der Waals surface area contributed by atoms with E-state index in [9.17, 15) is 23.3 Å². The van der Waals surface area contributed by atoms with E-state index in [1.807, 2.05) is 0 Å². The van der Waals surface area contributed by atoms with Crippen molar-refractivity contribution >= 4 is 27.2 Å². The van der Waals surface area contributed by atoms with Gasteiger partial charge in [-0.05, 0) is 43.5 Å². The number of aryl methyl sites for hydroxylation is 1. The van der Waals surface area contributed by atoms with E-state index in [4.69, 9.17) is 0 Å². The van der Waals surface area contributed by atoms with Crippen LogP contribution in [-0.4, -0.2) is 43.1 Å². The molecule has 0 bridgehead atoms. The quantitative estimate of drug-likeness (QED) is 0.406. The predicted octanol–water partition coefficient (Wildman–Crippen LogP) is 3.76. The molecule has 0 unspecified atom stereocenters. The molecule has 9 heteroatoms. The number of ketones is 1. The minimum Gasteiger partial charge on any atom is -0.377 e. The van der Waals surface area contributed by atoms with E-state index in [-0.39, 0.29) is 22.9 Å². The molecule has 0 atom stereocenters. The van der Waals surface area contributed by atoms with E-state index in [0.717, 1.165) is 25.7 Å². The molecule has 1 fully saturated rings. The zero-order chi connectivity index (χ0) is 21.7. The lowest BCUT2D eigenvalue weighted by molar-refractivity contribution is -0.384. The number of hydrogen-bond donors (Lipinski definition) is 1. The van der Waals surface area contributed by atoms with Gasteiger partial charge in [-0.25, -0.2) is 8.42 Å². The average Bonchev–Trinajstić information content (AvgIpc) is 3.03. The summed E-state index contributed by atoms with van der Waals surface area (Å²) in [6.07, 6.45) is 3.74. The van der Waals surface area contributed by atoms with Gasteiger partial charge in [0.15, 0.2) is 5.78 Å². The van der Waals surface area contributed by atoms with Gasteiger partial charge in [0.05, 0.1) is 16.4 Å². The van der Waals surface area contributed by atoms with Crippen LogP contribution in [0.25, 0.3) is 0 Å². The number of nitrogens with one attached hydrogen (secondary N) is 1. The van der Waals surface area contributed by atoms with E-state index >= 15 is 0 Å². The Morgan fingerprint density at radius 3 is 2.43 bits per heavy atom. The van der Waals surface area contributed by atoms with Crippen LogP contribution in [-0.2, 0) is 10.0 Å². The van der Waals surface area contributed by atoms with Crippen molar-refractivity contribution in [3.05, 3.63) is 63.7 Å². The Bertz CT molecular complexity index is 1040. The molecule has 0 spiro atoms. The number of sulfonamides is 1. The van der Waals surface area contributed by atoms with Gasteiger partial charge in [-0.2, -0.15) is 4.31 Å². The molecule has 8 nitrogen and oxygen atoms in total. The van der Waals surface area contributed by atoms with Crippen LogP contribution >= 0.6 is 0 Å². The fourth-order valence-electron chi connectivity index (χ4n) is 3.50. The topological polar surface area (TPSA) is 110 Å². The first-order valence-corrected chi connectivity index (χ1v) is 11.4. The van der Waals surface area contributed by atoms with E-state index < -0.39 is 14.9 Å². The Balaban J connectivity index is 1.72. The van der Waals surface area contributed by atoms with Crippen molar-refractivity contribution < 1.29 is 18.1 Å². The van der Waals surface area contributed by atoms with Gasteiger partial charge < -0.3 is 5.32 Å². The first kappa shape index (κ1) is 21.9. The Labute approximate surface area is 176 Å². The van der Waals surface area contributed by atoms with Crippen LogP contribution in [0.15, 0.2) is 47.4 Å². The van der Waals surface area contributed by atoms with Crippen LogP contribution in [0.2, 0.25) is 0 Å². The number of Topliss-reactive ketones (excluding diaryl/α,β-unsaturated/α-hetero) is 1. The zero-order valence-corrected chi connectivity index (χ0v) is 17.7. The second-order valence-corrected chi connectivity index (χ2v) is 9.32. The van der Waals surface area contributed by atoms with Gasteiger partial charge in [-0.15, -0.1) is 0 Å². The summed E-state index contributed by atoms with van der Waals surface area (Å²) in [5.41, 5.74) is 1.55. The fourth-order valence-corrected chi connectivity index (χ4v) is 5.06. The van der Waals surface area contributed by atoms with Crippen molar-refractivity contribution in [1.29, 1.82) is 0 Å². The first-order chi connectivity index (χ1) is 14.3. The molecule has 1 aliphatic rings. The van der Waals surface area contributed by atoms with Crippen molar-refractivity contribution in [3.63, 3.8) is 0 Å². The fraction of sp³-hybridized carbons (Fsp3) is 0.381. The minimum atomic E-state index is -3.63. The van der Waals surface area contributed by atoms with Crippen LogP contribution in [0.4, 0.5) is 11.4 Å². The Kier molecular flexibility index (Phi) is 6.84. The van der Waals surface area contributed by atoms with Crippen LogP contribution in [0, 0.1) is 17.0 Å². The largest absolute Gasteiger partial charge is 0.377 e. The molecule has 1 aliphatic heterocycles. The number of nitro benzene ring substituents is 1. The molecule has 160 valence electrons. The summed E-state index contributed by atoms with van der Waals surface area (Å²) in [5.74, 6) is -0.263. The molecule has 1 heterocycles. The molecule has 0 amide bonds. The van der Waals surface area contributed by atoms with Crippen molar-refractivity contribution in [2.24, 2.45) is 0 Å². The van der Waals surface area contributed by atoms with E-state index in [1.54, 1.807) is 25.1 Å². The summed E-state index contributed by atoms with van der Waals surface area (Å²) >= 11 is 0. The lowest BCUT2D eigenvalue weighted by Crippen LogP contribution is -2.32. The highest BCUT2D eigenvalue weighted by Gasteiger charge is 2.25. The van der Waals surface area contributed by atoms with Crippen molar-refractivity contribution in [3.8, 4) is 0 Å². The van der Waals surface area contributed by atoms with E-state index in [0.29, 0.717) is 29.9 Å². The van der Waals surface area contributed by atoms with Gasteiger partial charge >= 0.3 is 0 Å². The number of carbonyl (C=O) groups excluding carboxylic acids is 1. The SMILES string of the molecule is Cc1cc([N+](=O)[O-])ccc1NCC(=O)c1cccc(S(=O)(=O)N2CCCCCC2)c1. The number of non-ortho nitro benzene ring substituents is 1. The third-order valence-corrected chi connectivity index (χ3v) is 7.11. The van der Waals surface area contributed by atoms with Crippen LogP contribution in [0.5, 0.6) is 0 Å². The normalized spacial score (nSPS) is 15.4. The number of nitrogens with zero attached hydrogens (tertiary/aromatic N) is 2. The molecule has 0 saturated carbocycles. The standard InChI is InChI=1S/C21H25N3O5S/c1-16-13-18(24(26)27)9-10-20(16)22-15-21(25)17-7-6-8-19(14-17)30(28,29)23-11-4-2-3-5-12-23/h6-10,13-14,22H,2-5,11-12,15H2,1H3. The number of anilines is 1. The summed E-state index contributed by atoms with van der Waals surface area (Å²) < 4.78 is 27.4. The van der Waals surface area contributed by atoms with Crippen molar-refractivity contribution in [2.75, 3.05) is 25.0 Å². The van der Waals surface area contributed by atoms with Crippen LogP contribution in [0.1, 0.15) is 41.6 Å². The third kappa shape index (κ3) is 5.03. The van der Waals surface area contributed by atoms with Crippen LogP contribution in [0.3, 0.4) is 0 Å². The maximum atomic E-state index is 13.0. The Hall–Kier alpha value is -2.78. The highest BCUT2D eigenvalue weighted by atomic mass is 32.2. The molecule has 2 aromatic rings. The molecule has 2 aromatic carbocycles. The van der Waals surface area contributed by atoms with Gasteiger partial charge in [0.2, 0.25) is 10.0 Å². The number of hydrogen-bond acceptors (Lipinski definition) is 6. The Morgan fingerprint density at radius 2 is 1.80 bits per heavy atom. The monoisotopic (exact) mass is 431 g/mol. The van der Waals surface area contributed by atoms with Gasteiger partial charge in [0.25, 0.3) is 5.69 Å². The molecule has 3 rings (SSSR count). The number of benzene rings is 2. The highest BCUT2D eigenvalue weighted by molar-refractivity contribution is 7.89. The lowest BCUT2D eigenvalue weighted by Gasteiger charge is -2.20. The summed E-state index contributed by atoms with van der Waals surface area (Å²) in [7, 11) is -3.63. The molecule has 0 aliphatic carbocycles. The van der Waals surface area contributed by atoms with Gasteiger partial charge in [0, 0.05) is 36.5 Å². The summed E-state index contributed by atoms with van der Waals surface area (Å²) in [6, 6.07) is 10.5. The Morgan fingerprint density at radius 1 is 1.10 bits per heavy atom.